The highest BCUT2D eigenvalue weighted by molar-refractivity contribution is 6.04. The van der Waals surface area contributed by atoms with Crippen LogP contribution in [0, 0.1) is 0 Å². The molecule has 0 bridgehead atoms. The monoisotopic (exact) mass is 342 g/mol. The van der Waals surface area contributed by atoms with Crippen molar-refractivity contribution in [1.82, 2.24) is 9.97 Å². The quantitative estimate of drug-likeness (QED) is 0.899. The number of para-hydroxylation sites is 2. The van der Waals surface area contributed by atoms with Gasteiger partial charge in [-0.25, -0.2) is 9.97 Å². The molecule has 0 aliphatic carbocycles. The van der Waals surface area contributed by atoms with Crippen molar-refractivity contribution in [3.05, 3.63) is 42.2 Å². The number of benzene rings is 1. The Balaban J connectivity index is 1.69. The summed E-state index contributed by atoms with van der Waals surface area (Å²) in [6.45, 7) is 6.72. The second kappa shape index (κ2) is 7.94. The minimum Gasteiger partial charge on any atom is -0.489 e. The van der Waals surface area contributed by atoms with Crippen LogP contribution < -0.4 is 15.0 Å². The zero-order valence-electron chi connectivity index (χ0n) is 14.4. The van der Waals surface area contributed by atoms with E-state index < -0.39 is 0 Å². The summed E-state index contributed by atoms with van der Waals surface area (Å²) in [7, 11) is 0. The van der Waals surface area contributed by atoms with Gasteiger partial charge in [0.1, 0.15) is 5.75 Å². The molecule has 1 aliphatic heterocycles. The molecule has 1 fully saturated rings. The summed E-state index contributed by atoms with van der Waals surface area (Å²) < 4.78 is 11.0. The van der Waals surface area contributed by atoms with Crippen molar-refractivity contribution < 1.29 is 14.3 Å². The number of hydrogen-bond acceptors (Lipinski definition) is 6. The van der Waals surface area contributed by atoms with Crippen molar-refractivity contribution >= 4 is 17.5 Å². The minimum absolute atomic E-state index is 0.0224. The lowest BCUT2D eigenvalue weighted by Gasteiger charge is -2.26. The Morgan fingerprint density at radius 2 is 1.88 bits per heavy atom. The van der Waals surface area contributed by atoms with Crippen LogP contribution in [0.3, 0.4) is 0 Å². The van der Waals surface area contributed by atoms with Gasteiger partial charge in [-0.1, -0.05) is 12.1 Å². The van der Waals surface area contributed by atoms with E-state index in [2.05, 4.69) is 15.3 Å². The Bertz CT molecular complexity index is 713. The summed E-state index contributed by atoms with van der Waals surface area (Å²) in [6.07, 6.45) is 3.10. The van der Waals surface area contributed by atoms with E-state index >= 15 is 0 Å². The number of hydrogen-bond donors (Lipinski definition) is 1. The molecule has 132 valence electrons. The van der Waals surface area contributed by atoms with Crippen LogP contribution in [0.5, 0.6) is 5.75 Å². The third-order valence-electron chi connectivity index (χ3n) is 3.69. The van der Waals surface area contributed by atoms with Gasteiger partial charge in [-0.2, -0.15) is 0 Å². The average molecular weight is 342 g/mol. The van der Waals surface area contributed by atoms with E-state index in [-0.39, 0.29) is 12.0 Å². The molecule has 1 aromatic carbocycles. The standard InChI is InChI=1S/C18H22N4O3/c1-13(2)25-16-6-4-3-5-15(16)21-17(23)14-11-19-18(20-12-14)22-7-9-24-10-8-22/h3-6,11-13H,7-10H2,1-2H3,(H,21,23). The molecule has 0 unspecified atom stereocenters. The van der Waals surface area contributed by atoms with Crippen molar-refractivity contribution in [2.24, 2.45) is 0 Å². The van der Waals surface area contributed by atoms with E-state index in [4.69, 9.17) is 9.47 Å². The Hall–Kier alpha value is -2.67. The van der Waals surface area contributed by atoms with Crippen LogP contribution in [-0.4, -0.2) is 48.3 Å². The van der Waals surface area contributed by atoms with Gasteiger partial charge in [-0.15, -0.1) is 0 Å². The van der Waals surface area contributed by atoms with Crippen molar-refractivity contribution in [3.8, 4) is 5.75 Å². The first kappa shape index (κ1) is 17.2. The largest absolute Gasteiger partial charge is 0.489 e. The van der Waals surface area contributed by atoms with Crippen molar-refractivity contribution in [2.45, 2.75) is 20.0 Å². The first-order valence-corrected chi connectivity index (χ1v) is 8.35. The Morgan fingerprint density at radius 3 is 2.56 bits per heavy atom. The van der Waals surface area contributed by atoms with Crippen LogP contribution in [0.1, 0.15) is 24.2 Å². The summed E-state index contributed by atoms with van der Waals surface area (Å²) in [6, 6.07) is 7.35. The first-order valence-electron chi connectivity index (χ1n) is 8.35. The number of rotatable bonds is 5. The fourth-order valence-corrected chi connectivity index (χ4v) is 2.49. The van der Waals surface area contributed by atoms with Crippen molar-refractivity contribution in [1.29, 1.82) is 0 Å². The molecular formula is C18H22N4O3. The highest BCUT2D eigenvalue weighted by atomic mass is 16.5. The molecule has 0 atom stereocenters. The lowest BCUT2D eigenvalue weighted by atomic mass is 10.2. The number of morpholine rings is 1. The number of aromatic nitrogens is 2. The molecule has 3 rings (SSSR count). The molecule has 7 nitrogen and oxygen atoms in total. The minimum atomic E-state index is -0.270. The third kappa shape index (κ3) is 4.45. The molecule has 25 heavy (non-hydrogen) atoms. The summed E-state index contributed by atoms with van der Waals surface area (Å²) in [5.74, 6) is 0.980. The van der Waals surface area contributed by atoms with E-state index in [0.29, 0.717) is 36.2 Å². The van der Waals surface area contributed by atoms with Gasteiger partial charge in [0.25, 0.3) is 5.91 Å². The van der Waals surface area contributed by atoms with Gasteiger partial charge in [-0.3, -0.25) is 4.79 Å². The molecule has 1 N–H and O–H groups in total. The lowest BCUT2D eigenvalue weighted by Crippen LogP contribution is -2.37. The van der Waals surface area contributed by atoms with Crippen LogP contribution in [0.15, 0.2) is 36.7 Å². The van der Waals surface area contributed by atoms with Gasteiger partial charge in [0, 0.05) is 25.5 Å². The molecule has 1 aliphatic rings. The smallest absolute Gasteiger partial charge is 0.258 e. The third-order valence-corrected chi connectivity index (χ3v) is 3.69. The van der Waals surface area contributed by atoms with Gasteiger partial charge in [-0.05, 0) is 26.0 Å². The first-order chi connectivity index (χ1) is 12.1. The van der Waals surface area contributed by atoms with Crippen molar-refractivity contribution in [3.63, 3.8) is 0 Å². The molecule has 7 heteroatoms. The molecule has 1 amide bonds. The molecular weight excluding hydrogens is 320 g/mol. The van der Waals surface area contributed by atoms with E-state index in [1.807, 2.05) is 36.9 Å². The lowest BCUT2D eigenvalue weighted by molar-refractivity contribution is 0.102. The molecule has 2 heterocycles. The summed E-state index contributed by atoms with van der Waals surface area (Å²) in [4.78, 5) is 23.1. The maximum absolute atomic E-state index is 12.5. The van der Waals surface area contributed by atoms with E-state index in [1.165, 1.54) is 0 Å². The van der Waals surface area contributed by atoms with Crippen molar-refractivity contribution in [2.75, 3.05) is 36.5 Å². The van der Waals surface area contributed by atoms with Crippen LogP contribution in [0.4, 0.5) is 11.6 Å². The Labute approximate surface area is 147 Å². The van der Waals surface area contributed by atoms with Crippen LogP contribution in [0.2, 0.25) is 0 Å². The summed E-state index contributed by atoms with van der Waals surface area (Å²) >= 11 is 0. The Morgan fingerprint density at radius 1 is 1.20 bits per heavy atom. The van der Waals surface area contributed by atoms with E-state index in [1.54, 1.807) is 18.5 Å². The second-order valence-electron chi connectivity index (χ2n) is 5.99. The maximum Gasteiger partial charge on any atom is 0.258 e. The number of nitrogens with zero attached hydrogens (tertiary/aromatic N) is 3. The fraction of sp³-hybridized carbons (Fsp3) is 0.389. The maximum atomic E-state index is 12.5. The number of ether oxygens (including phenoxy) is 2. The second-order valence-corrected chi connectivity index (χ2v) is 5.99. The number of carbonyl (C=O) groups is 1. The zero-order valence-corrected chi connectivity index (χ0v) is 14.4. The molecule has 1 aromatic heterocycles. The molecule has 0 spiro atoms. The van der Waals surface area contributed by atoms with E-state index in [0.717, 1.165) is 13.1 Å². The van der Waals surface area contributed by atoms with Gasteiger partial charge in [0.05, 0.1) is 30.6 Å². The predicted octanol–water partition coefficient (Wildman–Crippen LogP) is 2.35. The van der Waals surface area contributed by atoms with Gasteiger partial charge in [0.2, 0.25) is 5.95 Å². The molecule has 0 saturated carbocycles. The predicted molar refractivity (Wildman–Crippen MR) is 95.2 cm³/mol. The number of carbonyl (C=O) groups excluding carboxylic acids is 1. The highest BCUT2D eigenvalue weighted by Gasteiger charge is 2.15. The van der Waals surface area contributed by atoms with E-state index in [9.17, 15) is 4.79 Å². The van der Waals surface area contributed by atoms with Gasteiger partial charge < -0.3 is 19.7 Å². The topological polar surface area (TPSA) is 76.6 Å². The number of nitrogens with one attached hydrogen (secondary N) is 1. The Kier molecular flexibility index (Phi) is 5.45. The summed E-state index contributed by atoms with van der Waals surface area (Å²) in [5, 5.41) is 2.85. The highest BCUT2D eigenvalue weighted by Crippen LogP contribution is 2.25. The SMILES string of the molecule is CC(C)Oc1ccccc1NC(=O)c1cnc(N2CCOCC2)nc1. The number of anilines is 2. The molecule has 1 saturated heterocycles. The fourth-order valence-electron chi connectivity index (χ4n) is 2.49. The zero-order chi connectivity index (χ0) is 17.6. The number of amides is 1. The average Bonchev–Trinajstić information content (AvgIpc) is 2.64. The van der Waals surface area contributed by atoms with Crippen LogP contribution in [0.25, 0.3) is 0 Å². The normalized spacial score (nSPS) is 14.4. The molecule has 2 aromatic rings. The molecule has 0 radical (unpaired) electrons. The van der Waals surface area contributed by atoms with Crippen LogP contribution >= 0.6 is 0 Å². The van der Waals surface area contributed by atoms with Crippen LogP contribution in [-0.2, 0) is 4.74 Å². The summed E-state index contributed by atoms with van der Waals surface area (Å²) in [5.41, 5.74) is 1.02. The van der Waals surface area contributed by atoms with Gasteiger partial charge >= 0.3 is 0 Å². The van der Waals surface area contributed by atoms with Gasteiger partial charge in [0.15, 0.2) is 0 Å².